The van der Waals surface area contributed by atoms with E-state index in [2.05, 4.69) is 37.7 Å². The second kappa shape index (κ2) is 5.68. The molecule has 2 aliphatic carbocycles. The summed E-state index contributed by atoms with van der Waals surface area (Å²) in [7, 11) is 1.38. The van der Waals surface area contributed by atoms with Crippen LogP contribution in [0.1, 0.15) is 55.9 Å². The summed E-state index contributed by atoms with van der Waals surface area (Å²) in [4.78, 5) is 23.0. The van der Waals surface area contributed by atoms with E-state index in [9.17, 15) is 4.79 Å². The number of piperidine rings is 1. The molecule has 0 unspecified atom stereocenters. The maximum Gasteiger partial charge on any atom is 0.360 e. The molecule has 1 aromatic heterocycles. The average molecular weight is 394 g/mol. The average Bonchev–Trinajstić information content (AvgIpc) is 3.35. The van der Waals surface area contributed by atoms with Gasteiger partial charge in [-0.3, -0.25) is 0 Å². The van der Waals surface area contributed by atoms with Gasteiger partial charge in [-0.25, -0.2) is 14.8 Å². The monoisotopic (exact) mass is 393 g/mol. The van der Waals surface area contributed by atoms with Crippen LogP contribution >= 0.6 is 15.9 Å². The van der Waals surface area contributed by atoms with Gasteiger partial charge in [0.05, 0.1) is 13.3 Å². The van der Waals surface area contributed by atoms with Crippen molar-refractivity contribution in [2.24, 2.45) is 16.7 Å². The highest BCUT2D eigenvalue weighted by Gasteiger charge is 2.60. The van der Waals surface area contributed by atoms with Crippen LogP contribution in [0.25, 0.3) is 0 Å². The van der Waals surface area contributed by atoms with Gasteiger partial charge in [-0.1, -0.05) is 6.92 Å². The molecule has 0 aromatic carbocycles. The third-order valence-electron chi connectivity index (χ3n) is 7.01. The first-order valence-corrected chi connectivity index (χ1v) is 9.65. The van der Waals surface area contributed by atoms with Crippen LogP contribution < -0.4 is 4.90 Å². The summed E-state index contributed by atoms with van der Waals surface area (Å²) in [5.74, 6) is 1.07. The fourth-order valence-electron chi connectivity index (χ4n) is 5.10. The Morgan fingerprint density at radius 2 is 1.79 bits per heavy atom. The number of rotatable bonds is 2. The molecule has 0 N–H and O–H groups in total. The molecule has 0 amide bonds. The number of esters is 1. The van der Waals surface area contributed by atoms with Crippen molar-refractivity contribution in [1.29, 1.82) is 0 Å². The summed E-state index contributed by atoms with van der Waals surface area (Å²) in [6, 6.07) is 0. The fourth-order valence-corrected chi connectivity index (χ4v) is 5.38. The lowest BCUT2D eigenvalue weighted by atomic mass is 9.69. The van der Waals surface area contributed by atoms with Crippen molar-refractivity contribution in [2.75, 3.05) is 25.1 Å². The minimum atomic E-state index is -0.426. The minimum absolute atomic E-state index is 0.306. The van der Waals surface area contributed by atoms with Crippen LogP contribution in [0.2, 0.25) is 0 Å². The lowest BCUT2D eigenvalue weighted by Crippen LogP contribution is -2.43. The van der Waals surface area contributed by atoms with Crippen molar-refractivity contribution in [3.8, 4) is 0 Å². The highest BCUT2D eigenvalue weighted by molar-refractivity contribution is 9.10. The highest BCUT2D eigenvalue weighted by atomic mass is 79.9. The lowest BCUT2D eigenvalue weighted by molar-refractivity contribution is 0.0593. The van der Waals surface area contributed by atoms with E-state index in [1.807, 2.05) is 0 Å². The van der Waals surface area contributed by atoms with Crippen molar-refractivity contribution in [3.63, 3.8) is 0 Å². The Balaban J connectivity index is 1.53. The maximum atomic E-state index is 12.1. The van der Waals surface area contributed by atoms with Gasteiger partial charge in [0.2, 0.25) is 0 Å². The molecule has 2 spiro atoms. The molecule has 5 nitrogen and oxygen atoms in total. The Bertz CT molecular complexity index is 666. The van der Waals surface area contributed by atoms with Gasteiger partial charge in [-0.05, 0) is 71.2 Å². The van der Waals surface area contributed by atoms with E-state index in [0.717, 1.165) is 19.0 Å². The van der Waals surface area contributed by atoms with Crippen molar-refractivity contribution in [1.82, 2.24) is 9.97 Å². The maximum absolute atomic E-state index is 12.1. The molecule has 3 aliphatic rings. The van der Waals surface area contributed by atoms with Gasteiger partial charge in [0.25, 0.3) is 0 Å². The number of hydrogen-bond donors (Lipinski definition) is 0. The quantitative estimate of drug-likeness (QED) is 0.714. The van der Waals surface area contributed by atoms with Gasteiger partial charge in [0.1, 0.15) is 4.60 Å². The zero-order valence-electron chi connectivity index (χ0n) is 14.3. The number of methoxy groups -OCH3 is 1. The van der Waals surface area contributed by atoms with Gasteiger partial charge >= 0.3 is 5.97 Å². The smallest absolute Gasteiger partial charge is 0.360 e. The Hall–Kier alpha value is -1.17. The lowest BCUT2D eigenvalue weighted by Gasteiger charge is -2.44. The molecule has 4 rings (SSSR count). The molecule has 1 saturated heterocycles. The molecular formula is C18H24BrN3O2. The number of nitrogens with zero attached hydrogens (tertiary/aromatic N) is 3. The summed E-state index contributed by atoms with van der Waals surface area (Å²) >= 11 is 3.29. The number of halogens is 1. The molecule has 0 bridgehead atoms. The molecule has 1 aliphatic heterocycles. The van der Waals surface area contributed by atoms with Gasteiger partial charge in [0, 0.05) is 13.1 Å². The Kier molecular flexibility index (Phi) is 3.86. The van der Waals surface area contributed by atoms with E-state index in [-0.39, 0.29) is 0 Å². The molecule has 1 atom stereocenters. The summed E-state index contributed by atoms with van der Waals surface area (Å²) in [6.45, 7) is 4.37. The number of ether oxygens (including phenoxy) is 1. The van der Waals surface area contributed by atoms with E-state index in [4.69, 9.17) is 4.74 Å². The number of aromatic nitrogens is 2. The van der Waals surface area contributed by atoms with Gasteiger partial charge in [0.15, 0.2) is 11.5 Å². The Morgan fingerprint density at radius 3 is 2.38 bits per heavy atom. The first-order chi connectivity index (χ1) is 11.5. The normalized spacial score (nSPS) is 26.8. The molecular weight excluding hydrogens is 370 g/mol. The largest absolute Gasteiger partial charge is 0.464 e. The van der Waals surface area contributed by atoms with Crippen LogP contribution in [0.5, 0.6) is 0 Å². The molecule has 1 aromatic rings. The number of carbonyl (C=O) groups excluding carboxylic acids is 1. The zero-order valence-corrected chi connectivity index (χ0v) is 15.9. The minimum Gasteiger partial charge on any atom is -0.464 e. The van der Waals surface area contributed by atoms with Crippen molar-refractivity contribution >= 4 is 27.7 Å². The van der Waals surface area contributed by atoms with Crippen LogP contribution in [-0.4, -0.2) is 36.1 Å². The molecule has 24 heavy (non-hydrogen) atoms. The van der Waals surface area contributed by atoms with E-state index in [1.165, 1.54) is 45.6 Å². The molecule has 3 fully saturated rings. The van der Waals surface area contributed by atoms with Crippen LogP contribution in [0, 0.1) is 16.7 Å². The standard InChI is InChI=1S/C18H24BrN3O2/c1-12-17(3-4-17)5-6-18(12)7-9-22(10-8-18)15-14(16(23)24-2)21-13(19)11-20-15/h11-12H,3-10H2,1-2H3/t12-/m1/s1. The van der Waals surface area contributed by atoms with Crippen LogP contribution in [-0.2, 0) is 4.74 Å². The van der Waals surface area contributed by atoms with Gasteiger partial charge < -0.3 is 9.64 Å². The van der Waals surface area contributed by atoms with Crippen LogP contribution in [0.4, 0.5) is 5.82 Å². The summed E-state index contributed by atoms with van der Waals surface area (Å²) in [5.41, 5.74) is 1.48. The molecule has 2 saturated carbocycles. The fraction of sp³-hybridized carbons (Fsp3) is 0.722. The number of carbonyl (C=O) groups is 1. The van der Waals surface area contributed by atoms with Crippen molar-refractivity contribution < 1.29 is 9.53 Å². The molecule has 6 heteroatoms. The molecule has 2 heterocycles. The van der Waals surface area contributed by atoms with E-state index in [0.29, 0.717) is 26.9 Å². The number of hydrogen-bond acceptors (Lipinski definition) is 5. The SMILES string of the molecule is COC(=O)c1nc(Br)cnc1N1CCC2(CC1)CCC1(CC1)[C@H]2C. The van der Waals surface area contributed by atoms with Crippen LogP contribution in [0.3, 0.4) is 0 Å². The van der Waals surface area contributed by atoms with Crippen molar-refractivity contribution in [2.45, 2.75) is 45.4 Å². The van der Waals surface area contributed by atoms with Gasteiger partial charge in [-0.2, -0.15) is 0 Å². The molecule has 130 valence electrons. The topological polar surface area (TPSA) is 55.3 Å². The summed E-state index contributed by atoms with van der Waals surface area (Å²) in [6.07, 6.45) is 9.69. The van der Waals surface area contributed by atoms with E-state index < -0.39 is 5.97 Å². The first kappa shape index (κ1) is 16.3. The Labute approximate surface area is 151 Å². The predicted octanol–water partition coefficient (Wildman–Crippen LogP) is 3.82. The molecule has 0 radical (unpaired) electrons. The van der Waals surface area contributed by atoms with E-state index in [1.54, 1.807) is 6.20 Å². The van der Waals surface area contributed by atoms with Crippen molar-refractivity contribution in [3.05, 3.63) is 16.5 Å². The van der Waals surface area contributed by atoms with Crippen LogP contribution in [0.15, 0.2) is 10.8 Å². The third-order valence-corrected chi connectivity index (χ3v) is 7.39. The first-order valence-electron chi connectivity index (χ1n) is 8.86. The Morgan fingerprint density at radius 1 is 1.21 bits per heavy atom. The summed E-state index contributed by atoms with van der Waals surface area (Å²) < 4.78 is 5.44. The summed E-state index contributed by atoms with van der Waals surface area (Å²) in [5, 5.41) is 0. The van der Waals surface area contributed by atoms with E-state index >= 15 is 0 Å². The zero-order chi connectivity index (χ0) is 16.9. The highest BCUT2D eigenvalue weighted by Crippen LogP contribution is 2.69. The number of anilines is 1. The van der Waals surface area contributed by atoms with Gasteiger partial charge in [-0.15, -0.1) is 0 Å². The third kappa shape index (κ3) is 2.45. The second-order valence-corrected chi connectivity index (χ2v) is 8.60. The predicted molar refractivity (Wildman–Crippen MR) is 95.0 cm³/mol. The second-order valence-electron chi connectivity index (χ2n) is 7.79.